The fourth-order valence-electron chi connectivity index (χ4n) is 2.93. The number of aryl methyl sites for hydroxylation is 1. The van der Waals surface area contributed by atoms with Gasteiger partial charge in [-0.15, -0.1) is 0 Å². The first-order valence-electron chi connectivity index (χ1n) is 7.73. The Balaban J connectivity index is 2.13. The van der Waals surface area contributed by atoms with Gasteiger partial charge < -0.3 is 14.8 Å². The number of nitrogens with one attached hydrogen (secondary N) is 1. The molecule has 0 aromatic carbocycles. The first-order valence-corrected chi connectivity index (χ1v) is 7.73. The van der Waals surface area contributed by atoms with Crippen LogP contribution in [0.4, 0.5) is 0 Å². The summed E-state index contributed by atoms with van der Waals surface area (Å²) < 4.78 is 2.14. The van der Waals surface area contributed by atoms with Gasteiger partial charge in [-0.25, -0.2) is 0 Å². The van der Waals surface area contributed by atoms with E-state index in [1.165, 1.54) is 18.5 Å². The van der Waals surface area contributed by atoms with Gasteiger partial charge in [-0.2, -0.15) is 0 Å². The van der Waals surface area contributed by atoms with Crippen molar-refractivity contribution >= 4 is 5.91 Å². The second-order valence-electron chi connectivity index (χ2n) is 6.03. The summed E-state index contributed by atoms with van der Waals surface area (Å²) in [5.74, 6) is 0.229. The zero-order valence-electron chi connectivity index (χ0n) is 12.9. The van der Waals surface area contributed by atoms with Crippen molar-refractivity contribution < 1.29 is 4.79 Å². The van der Waals surface area contributed by atoms with Crippen molar-refractivity contribution in [2.24, 2.45) is 7.05 Å². The molecule has 20 heavy (non-hydrogen) atoms. The number of amides is 1. The zero-order valence-corrected chi connectivity index (χ0v) is 12.9. The number of nitrogens with zero attached hydrogens (tertiary/aromatic N) is 2. The maximum absolute atomic E-state index is 12.5. The number of rotatable bonds is 4. The summed E-state index contributed by atoms with van der Waals surface area (Å²) in [5, 5.41) is 3.25. The van der Waals surface area contributed by atoms with Crippen molar-refractivity contribution in [2.45, 2.75) is 51.6 Å². The summed E-state index contributed by atoms with van der Waals surface area (Å²) in [6, 6.07) is 4.79. The summed E-state index contributed by atoms with van der Waals surface area (Å²) in [4.78, 5) is 14.6. The molecule has 1 atom stereocenters. The van der Waals surface area contributed by atoms with Gasteiger partial charge in [-0.1, -0.05) is 26.7 Å². The largest absolute Gasteiger partial charge is 0.353 e. The Morgan fingerprint density at radius 2 is 2.20 bits per heavy atom. The molecule has 1 aromatic heterocycles. The van der Waals surface area contributed by atoms with Crippen molar-refractivity contribution in [3.8, 4) is 0 Å². The number of hydrogen-bond acceptors (Lipinski definition) is 2. The molecule has 1 saturated heterocycles. The number of likely N-dealkylation sites (tertiary alicyclic amines) is 1. The van der Waals surface area contributed by atoms with E-state index in [9.17, 15) is 4.79 Å². The van der Waals surface area contributed by atoms with Gasteiger partial charge >= 0.3 is 0 Å². The third-order valence-electron chi connectivity index (χ3n) is 4.06. The molecule has 0 saturated carbocycles. The van der Waals surface area contributed by atoms with E-state index in [1.807, 2.05) is 0 Å². The molecule has 1 N–H and O–H groups in total. The predicted octanol–water partition coefficient (Wildman–Crippen LogP) is 2.47. The monoisotopic (exact) mass is 277 g/mol. The first-order chi connectivity index (χ1) is 9.59. The van der Waals surface area contributed by atoms with Crippen molar-refractivity contribution in [3.05, 3.63) is 24.0 Å². The third kappa shape index (κ3) is 3.63. The highest BCUT2D eigenvalue weighted by Gasteiger charge is 2.27. The van der Waals surface area contributed by atoms with Gasteiger partial charge in [0.1, 0.15) is 0 Å². The molecule has 4 nitrogen and oxygen atoms in total. The summed E-state index contributed by atoms with van der Waals surface area (Å²) >= 11 is 0. The molecule has 2 rings (SSSR count). The van der Waals surface area contributed by atoms with Crippen LogP contribution in [0.2, 0.25) is 0 Å². The Bertz CT molecular complexity index is 439. The van der Waals surface area contributed by atoms with E-state index in [0.717, 1.165) is 19.4 Å². The van der Waals surface area contributed by atoms with Crippen LogP contribution in [-0.4, -0.2) is 34.5 Å². The third-order valence-corrected chi connectivity index (χ3v) is 4.06. The smallest absolute Gasteiger partial charge is 0.237 e. The van der Waals surface area contributed by atoms with Crippen LogP contribution in [0.3, 0.4) is 0 Å². The number of carbonyl (C=O) groups is 1. The van der Waals surface area contributed by atoms with E-state index in [2.05, 4.69) is 54.0 Å². The van der Waals surface area contributed by atoms with E-state index in [0.29, 0.717) is 12.6 Å². The molecular weight excluding hydrogens is 250 g/mol. The highest BCUT2D eigenvalue weighted by atomic mass is 16.2. The maximum Gasteiger partial charge on any atom is 0.237 e. The average molecular weight is 277 g/mol. The zero-order chi connectivity index (χ0) is 14.5. The highest BCUT2D eigenvalue weighted by Crippen LogP contribution is 2.30. The van der Waals surface area contributed by atoms with Crippen molar-refractivity contribution in [2.75, 3.05) is 13.1 Å². The summed E-state index contributed by atoms with van der Waals surface area (Å²) in [6.45, 7) is 5.47. The predicted molar refractivity (Wildman–Crippen MR) is 81.5 cm³/mol. The van der Waals surface area contributed by atoms with Crippen LogP contribution in [0.1, 0.15) is 51.3 Å². The normalized spacial score (nSPS) is 20.2. The second-order valence-corrected chi connectivity index (χ2v) is 6.03. The van der Waals surface area contributed by atoms with E-state index < -0.39 is 0 Å². The van der Waals surface area contributed by atoms with Crippen LogP contribution in [0.25, 0.3) is 0 Å². The van der Waals surface area contributed by atoms with Gasteiger partial charge in [0.25, 0.3) is 0 Å². The summed E-state index contributed by atoms with van der Waals surface area (Å²) in [7, 11) is 2.06. The molecule has 4 heteroatoms. The fraction of sp³-hybridized carbons (Fsp3) is 0.688. The van der Waals surface area contributed by atoms with Crippen LogP contribution in [-0.2, 0) is 11.8 Å². The van der Waals surface area contributed by atoms with Crippen molar-refractivity contribution in [1.82, 2.24) is 14.8 Å². The lowest BCUT2D eigenvalue weighted by Crippen LogP contribution is -2.42. The number of hydrogen-bond donors (Lipinski definition) is 1. The standard InChI is InChI=1S/C16H27N3O/c1-13(2)17-12-16(20)19-11-6-4-5-8-15(19)14-9-7-10-18(14)3/h7,9-10,13,15,17H,4-6,8,11-12H2,1-3H3. The minimum Gasteiger partial charge on any atom is -0.353 e. The topological polar surface area (TPSA) is 37.3 Å². The summed E-state index contributed by atoms with van der Waals surface area (Å²) in [6.07, 6.45) is 6.69. The molecule has 2 heterocycles. The lowest BCUT2D eigenvalue weighted by atomic mass is 10.1. The lowest BCUT2D eigenvalue weighted by molar-refractivity contribution is -0.132. The number of carbonyl (C=O) groups excluding carboxylic acids is 1. The van der Waals surface area contributed by atoms with Crippen LogP contribution in [0, 0.1) is 0 Å². The molecule has 1 aliphatic rings. The van der Waals surface area contributed by atoms with E-state index in [4.69, 9.17) is 0 Å². The van der Waals surface area contributed by atoms with Crippen LogP contribution in [0.15, 0.2) is 18.3 Å². The Morgan fingerprint density at radius 1 is 1.40 bits per heavy atom. The van der Waals surface area contributed by atoms with Crippen molar-refractivity contribution in [1.29, 1.82) is 0 Å². The quantitative estimate of drug-likeness (QED) is 0.918. The van der Waals surface area contributed by atoms with Gasteiger partial charge in [0.05, 0.1) is 12.6 Å². The molecule has 0 aliphatic carbocycles. The minimum atomic E-state index is 0.229. The highest BCUT2D eigenvalue weighted by molar-refractivity contribution is 5.78. The van der Waals surface area contributed by atoms with Crippen LogP contribution in [0.5, 0.6) is 0 Å². The van der Waals surface area contributed by atoms with Gasteiger partial charge in [0, 0.05) is 31.5 Å². The average Bonchev–Trinajstić information content (AvgIpc) is 2.69. The molecule has 1 amide bonds. The molecular formula is C16H27N3O. The molecule has 1 aromatic rings. The van der Waals surface area contributed by atoms with Crippen LogP contribution < -0.4 is 5.32 Å². The SMILES string of the molecule is CC(C)NCC(=O)N1CCCCCC1c1cccn1C. The van der Waals surface area contributed by atoms with E-state index >= 15 is 0 Å². The maximum atomic E-state index is 12.5. The second kappa shape index (κ2) is 6.93. The lowest BCUT2D eigenvalue weighted by Gasteiger charge is -2.31. The molecule has 0 radical (unpaired) electrons. The minimum absolute atomic E-state index is 0.229. The Labute approximate surface area is 122 Å². The van der Waals surface area contributed by atoms with Gasteiger partial charge in [0.2, 0.25) is 5.91 Å². The number of aromatic nitrogens is 1. The molecule has 1 fully saturated rings. The molecule has 1 unspecified atom stereocenters. The Hall–Kier alpha value is -1.29. The first kappa shape index (κ1) is 15.1. The molecule has 1 aliphatic heterocycles. The van der Waals surface area contributed by atoms with E-state index in [1.54, 1.807) is 0 Å². The molecule has 112 valence electrons. The van der Waals surface area contributed by atoms with Gasteiger partial charge in [-0.05, 0) is 25.0 Å². The van der Waals surface area contributed by atoms with Crippen LogP contribution >= 0.6 is 0 Å². The molecule has 0 bridgehead atoms. The van der Waals surface area contributed by atoms with Gasteiger partial charge in [-0.3, -0.25) is 4.79 Å². The van der Waals surface area contributed by atoms with Gasteiger partial charge in [0.15, 0.2) is 0 Å². The molecule has 0 spiro atoms. The fourth-order valence-corrected chi connectivity index (χ4v) is 2.93. The van der Waals surface area contributed by atoms with E-state index in [-0.39, 0.29) is 11.9 Å². The Morgan fingerprint density at radius 3 is 2.85 bits per heavy atom. The Kier molecular flexibility index (Phi) is 5.24. The van der Waals surface area contributed by atoms with Crippen molar-refractivity contribution in [3.63, 3.8) is 0 Å². The summed E-state index contributed by atoms with van der Waals surface area (Å²) in [5.41, 5.74) is 1.25.